The highest BCUT2D eigenvalue weighted by molar-refractivity contribution is 9.10. The van der Waals surface area contributed by atoms with Crippen LogP contribution in [0.25, 0.3) is 15.8 Å². The molecule has 4 aromatic rings. The van der Waals surface area contributed by atoms with Gasteiger partial charge >= 0.3 is 0 Å². The highest BCUT2D eigenvalue weighted by Crippen LogP contribution is 2.28. The first-order chi connectivity index (χ1) is 14.4. The number of aryl methyl sites for hydroxylation is 1. The molecular weight excluding hydrogens is 466 g/mol. The van der Waals surface area contributed by atoms with Gasteiger partial charge in [0.2, 0.25) is 0 Å². The van der Waals surface area contributed by atoms with E-state index in [1.165, 1.54) is 11.5 Å². The van der Waals surface area contributed by atoms with E-state index >= 15 is 0 Å². The minimum Gasteiger partial charge on any atom is -0.327 e. The number of benzene rings is 1. The molecule has 0 N–H and O–H groups in total. The van der Waals surface area contributed by atoms with E-state index in [2.05, 4.69) is 25.3 Å². The average molecular weight is 484 g/mol. The Morgan fingerprint density at radius 1 is 1.23 bits per heavy atom. The third-order valence-electron chi connectivity index (χ3n) is 5.43. The zero-order chi connectivity index (χ0) is 21.0. The van der Waals surface area contributed by atoms with E-state index in [0.717, 1.165) is 25.9 Å². The lowest BCUT2D eigenvalue weighted by Crippen LogP contribution is -2.49. The molecular formula is C21H18BrN5O2S. The van der Waals surface area contributed by atoms with Gasteiger partial charge in [-0.1, -0.05) is 15.9 Å². The Morgan fingerprint density at radius 3 is 2.83 bits per heavy atom. The molecule has 0 bridgehead atoms. The number of hydrogen-bond acceptors (Lipinski definition) is 5. The van der Waals surface area contributed by atoms with Gasteiger partial charge < -0.3 is 14.0 Å². The van der Waals surface area contributed by atoms with Crippen molar-refractivity contribution in [2.24, 2.45) is 0 Å². The standard InChI is InChI=1S/C21H18BrN5O2S/c1-12-8-25(11-23-12)17-4-5-18-21(29)26(13(2)9-27(18)20(17)28)10-16-15-7-14(22)3-6-19(15)30-24-16/h3-8,11,13H,9-10H2,1-2H3/t13-/m1/s1. The zero-order valence-electron chi connectivity index (χ0n) is 16.4. The van der Waals surface area contributed by atoms with Gasteiger partial charge in [-0.25, -0.2) is 4.98 Å². The van der Waals surface area contributed by atoms with Crippen LogP contribution >= 0.6 is 27.5 Å². The highest BCUT2D eigenvalue weighted by atomic mass is 79.9. The zero-order valence-corrected chi connectivity index (χ0v) is 18.8. The quantitative estimate of drug-likeness (QED) is 0.444. The number of nitrogens with zero attached hydrogens (tertiary/aromatic N) is 5. The van der Waals surface area contributed by atoms with Gasteiger partial charge in [-0.3, -0.25) is 9.59 Å². The molecule has 5 rings (SSSR count). The number of imidazole rings is 1. The number of aromatic nitrogens is 4. The Hall–Kier alpha value is -2.78. The van der Waals surface area contributed by atoms with Crippen LogP contribution in [0.1, 0.15) is 28.8 Å². The Morgan fingerprint density at radius 2 is 2.07 bits per heavy atom. The predicted octanol–water partition coefficient (Wildman–Crippen LogP) is 3.76. The van der Waals surface area contributed by atoms with Crippen molar-refractivity contribution in [2.75, 3.05) is 0 Å². The molecule has 1 aliphatic heterocycles. The number of carbonyl (C=O) groups excluding carboxylic acids is 1. The molecule has 1 amide bonds. The van der Waals surface area contributed by atoms with E-state index in [4.69, 9.17) is 0 Å². The Labute approximate surface area is 184 Å². The van der Waals surface area contributed by atoms with Gasteiger partial charge in [-0.15, -0.1) is 0 Å². The van der Waals surface area contributed by atoms with E-state index in [1.807, 2.05) is 32.0 Å². The molecule has 0 spiro atoms. The van der Waals surface area contributed by atoms with Gasteiger partial charge in [0.1, 0.15) is 11.4 Å². The average Bonchev–Trinajstić information content (AvgIpc) is 3.32. The van der Waals surface area contributed by atoms with Gasteiger partial charge in [-0.05, 0) is 55.7 Å². The molecule has 0 saturated carbocycles. The summed E-state index contributed by atoms with van der Waals surface area (Å²) in [6.45, 7) is 4.68. The van der Waals surface area contributed by atoms with Crippen molar-refractivity contribution in [1.82, 2.24) is 23.4 Å². The van der Waals surface area contributed by atoms with Crippen LogP contribution in [0.3, 0.4) is 0 Å². The molecule has 4 heterocycles. The number of hydrogen-bond donors (Lipinski definition) is 0. The molecule has 0 saturated heterocycles. The van der Waals surface area contributed by atoms with Crippen molar-refractivity contribution in [3.8, 4) is 5.69 Å². The van der Waals surface area contributed by atoms with E-state index in [9.17, 15) is 9.59 Å². The molecule has 30 heavy (non-hydrogen) atoms. The first-order valence-electron chi connectivity index (χ1n) is 9.52. The maximum absolute atomic E-state index is 13.3. The number of carbonyl (C=O) groups is 1. The monoisotopic (exact) mass is 483 g/mol. The van der Waals surface area contributed by atoms with Crippen LogP contribution < -0.4 is 5.56 Å². The number of halogens is 1. The third kappa shape index (κ3) is 3.09. The van der Waals surface area contributed by atoms with Gasteiger partial charge in [0.15, 0.2) is 0 Å². The summed E-state index contributed by atoms with van der Waals surface area (Å²) in [5.41, 5.74) is 2.41. The van der Waals surface area contributed by atoms with Crippen molar-refractivity contribution in [3.63, 3.8) is 0 Å². The Balaban J connectivity index is 1.51. The van der Waals surface area contributed by atoms with Crippen molar-refractivity contribution in [1.29, 1.82) is 0 Å². The fraction of sp³-hybridized carbons (Fsp3) is 0.238. The maximum Gasteiger partial charge on any atom is 0.275 e. The molecule has 9 heteroatoms. The van der Waals surface area contributed by atoms with Crippen LogP contribution in [0.4, 0.5) is 0 Å². The smallest absolute Gasteiger partial charge is 0.275 e. The normalized spacial score (nSPS) is 16.3. The first-order valence-corrected chi connectivity index (χ1v) is 11.1. The number of rotatable bonds is 3. The molecule has 0 radical (unpaired) electrons. The van der Waals surface area contributed by atoms with Crippen molar-refractivity contribution in [2.45, 2.75) is 33.0 Å². The fourth-order valence-electron chi connectivity index (χ4n) is 3.86. The number of amides is 1. The van der Waals surface area contributed by atoms with Gasteiger partial charge in [0.05, 0.1) is 29.0 Å². The highest BCUT2D eigenvalue weighted by Gasteiger charge is 2.32. The number of fused-ring (bicyclic) bond motifs is 2. The van der Waals surface area contributed by atoms with Gasteiger partial charge in [0, 0.05) is 28.6 Å². The Kier molecular flexibility index (Phi) is 4.59. The topological polar surface area (TPSA) is 73.0 Å². The summed E-state index contributed by atoms with van der Waals surface area (Å²) in [5.74, 6) is -0.157. The minimum atomic E-state index is -0.187. The summed E-state index contributed by atoms with van der Waals surface area (Å²) in [6, 6.07) is 9.33. The first kappa shape index (κ1) is 19.2. The van der Waals surface area contributed by atoms with Gasteiger partial charge in [-0.2, -0.15) is 4.37 Å². The summed E-state index contributed by atoms with van der Waals surface area (Å²) in [7, 11) is 0. The van der Waals surface area contributed by atoms with Crippen LogP contribution in [-0.2, 0) is 13.1 Å². The molecule has 1 aliphatic rings. The molecule has 1 aromatic carbocycles. The lowest BCUT2D eigenvalue weighted by atomic mass is 10.1. The van der Waals surface area contributed by atoms with Crippen LogP contribution in [0.5, 0.6) is 0 Å². The van der Waals surface area contributed by atoms with Gasteiger partial charge in [0.25, 0.3) is 11.5 Å². The molecule has 3 aromatic heterocycles. The molecule has 1 atom stereocenters. The largest absolute Gasteiger partial charge is 0.327 e. The van der Waals surface area contributed by atoms with Crippen molar-refractivity contribution in [3.05, 3.63) is 74.8 Å². The fourth-order valence-corrected chi connectivity index (χ4v) is 4.99. The van der Waals surface area contributed by atoms with Crippen molar-refractivity contribution >= 4 is 43.5 Å². The number of pyridine rings is 1. The maximum atomic E-state index is 13.3. The van der Waals surface area contributed by atoms with Crippen LogP contribution in [-0.4, -0.2) is 35.3 Å². The predicted molar refractivity (Wildman–Crippen MR) is 119 cm³/mol. The summed E-state index contributed by atoms with van der Waals surface area (Å²) in [4.78, 5) is 32.3. The van der Waals surface area contributed by atoms with E-state index in [-0.39, 0.29) is 17.5 Å². The SMILES string of the molecule is Cc1cn(-c2ccc3n(c2=O)C[C@@H](C)N(Cc2nsc4ccc(Br)cc24)C3=O)cn1. The molecule has 7 nitrogen and oxygen atoms in total. The van der Waals surface area contributed by atoms with E-state index in [1.54, 1.807) is 38.7 Å². The lowest BCUT2D eigenvalue weighted by Gasteiger charge is -2.35. The van der Waals surface area contributed by atoms with Crippen LogP contribution in [0.2, 0.25) is 0 Å². The molecule has 152 valence electrons. The van der Waals surface area contributed by atoms with E-state index < -0.39 is 0 Å². The molecule has 0 unspecified atom stereocenters. The minimum absolute atomic E-state index is 0.133. The summed E-state index contributed by atoms with van der Waals surface area (Å²) in [6.07, 6.45) is 3.42. The summed E-state index contributed by atoms with van der Waals surface area (Å²) < 4.78 is 9.92. The van der Waals surface area contributed by atoms with Crippen molar-refractivity contribution < 1.29 is 4.79 Å². The van der Waals surface area contributed by atoms with Crippen LogP contribution in [0, 0.1) is 6.92 Å². The summed E-state index contributed by atoms with van der Waals surface area (Å²) in [5, 5.41) is 1.04. The second-order valence-corrected chi connectivity index (χ2v) is 9.21. The second-order valence-electron chi connectivity index (χ2n) is 7.49. The van der Waals surface area contributed by atoms with Crippen LogP contribution in [0.15, 0.2) is 52.1 Å². The second kappa shape index (κ2) is 7.17. The lowest BCUT2D eigenvalue weighted by molar-refractivity contribution is 0.0588. The molecule has 0 aliphatic carbocycles. The Bertz CT molecular complexity index is 1360. The third-order valence-corrected chi connectivity index (χ3v) is 6.79. The van der Waals surface area contributed by atoms with E-state index in [0.29, 0.717) is 24.5 Å². The summed E-state index contributed by atoms with van der Waals surface area (Å²) >= 11 is 4.94. The molecule has 0 fully saturated rings.